The number of fused-ring (bicyclic) bond motifs is 2. The van der Waals surface area contributed by atoms with E-state index >= 15 is 0 Å². The summed E-state index contributed by atoms with van der Waals surface area (Å²) >= 11 is 1.39. The number of methoxy groups -OCH3 is 1. The van der Waals surface area contributed by atoms with Crippen LogP contribution in [0.3, 0.4) is 0 Å². The van der Waals surface area contributed by atoms with Crippen molar-refractivity contribution in [1.29, 1.82) is 0 Å². The lowest BCUT2D eigenvalue weighted by Crippen LogP contribution is -2.50. The molecule has 1 spiro atoms. The van der Waals surface area contributed by atoms with Crippen LogP contribution < -0.4 is 9.64 Å². The zero-order valence-electron chi connectivity index (χ0n) is 18.4. The first-order valence-corrected chi connectivity index (χ1v) is 11.7. The lowest BCUT2D eigenvalue weighted by Gasteiger charge is -2.33. The number of aryl methyl sites for hydroxylation is 1. The number of nitrogens with zero attached hydrogens (tertiary/aromatic N) is 2. The Morgan fingerprint density at radius 2 is 1.91 bits per heavy atom. The van der Waals surface area contributed by atoms with Gasteiger partial charge in [-0.2, -0.15) is 0 Å². The molecule has 33 heavy (non-hydrogen) atoms. The molecule has 5 nitrogen and oxygen atoms in total. The summed E-state index contributed by atoms with van der Waals surface area (Å²) in [6.45, 7) is 2.75. The highest BCUT2D eigenvalue weighted by Gasteiger charge is 2.59. The first-order valence-electron chi connectivity index (χ1n) is 10.7. The molecule has 3 aromatic carbocycles. The number of hydrogen-bond donors (Lipinski definition) is 0. The van der Waals surface area contributed by atoms with Crippen LogP contribution in [-0.4, -0.2) is 36.1 Å². The highest BCUT2D eigenvalue weighted by molar-refractivity contribution is 8.01. The van der Waals surface area contributed by atoms with Crippen molar-refractivity contribution in [3.63, 3.8) is 0 Å². The topological polar surface area (TPSA) is 49.9 Å². The summed E-state index contributed by atoms with van der Waals surface area (Å²) in [4.78, 5) is 29.6. The highest BCUT2D eigenvalue weighted by Crippen LogP contribution is 2.55. The average molecular weight is 463 g/mol. The lowest BCUT2D eigenvalue weighted by atomic mass is 10.0. The van der Waals surface area contributed by atoms with E-state index in [4.69, 9.17) is 4.74 Å². The van der Waals surface area contributed by atoms with Crippen LogP contribution in [0.25, 0.3) is 0 Å². The predicted octanol–water partition coefficient (Wildman–Crippen LogP) is 4.73. The Hall–Kier alpha value is -3.32. The first kappa shape index (κ1) is 21.5. The van der Waals surface area contributed by atoms with Gasteiger partial charge in [0.2, 0.25) is 0 Å². The second kappa shape index (κ2) is 8.23. The second-order valence-corrected chi connectivity index (χ2v) is 9.51. The molecule has 2 aliphatic heterocycles. The maximum atomic E-state index is 14.4. The number of halogens is 1. The van der Waals surface area contributed by atoms with Crippen LogP contribution in [0.2, 0.25) is 0 Å². The summed E-state index contributed by atoms with van der Waals surface area (Å²) in [5.74, 6) is 0.212. The van der Waals surface area contributed by atoms with Gasteiger partial charge in [-0.1, -0.05) is 35.9 Å². The third kappa shape index (κ3) is 3.47. The minimum Gasteiger partial charge on any atom is -0.497 e. The summed E-state index contributed by atoms with van der Waals surface area (Å²) in [5, 5.41) is 0. The SMILES string of the molecule is COc1cccc(C(=O)N2CCS[C@]23C(=O)N(Cc2ccc(C)cc2)c2ccc(F)cc23)c1. The Labute approximate surface area is 196 Å². The molecular weight excluding hydrogens is 439 g/mol. The van der Waals surface area contributed by atoms with Gasteiger partial charge in [-0.15, -0.1) is 11.8 Å². The largest absolute Gasteiger partial charge is 0.497 e. The summed E-state index contributed by atoms with van der Waals surface area (Å²) < 4.78 is 19.7. The highest BCUT2D eigenvalue weighted by atomic mass is 32.2. The minimum atomic E-state index is -1.29. The van der Waals surface area contributed by atoms with E-state index in [1.54, 1.807) is 47.2 Å². The standard InChI is InChI=1S/C26H23FN2O3S/c1-17-6-8-18(9-7-17)16-28-23-11-10-20(27)15-22(23)26(25(28)31)29(12-13-33-26)24(30)19-4-3-5-21(14-19)32-2/h3-11,14-15H,12-13,16H2,1-2H3/t26-/m1/s1. The monoisotopic (exact) mass is 462 g/mol. The second-order valence-electron chi connectivity index (χ2n) is 8.22. The van der Waals surface area contributed by atoms with Crippen molar-refractivity contribution in [2.75, 3.05) is 24.3 Å². The molecule has 1 fully saturated rings. The predicted molar refractivity (Wildman–Crippen MR) is 127 cm³/mol. The quantitative estimate of drug-likeness (QED) is 0.563. The number of carbonyl (C=O) groups is 2. The van der Waals surface area contributed by atoms with Crippen molar-refractivity contribution in [1.82, 2.24) is 4.90 Å². The van der Waals surface area contributed by atoms with Crippen LogP contribution in [0, 0.1) is 12.7 Å². The van der Waals surface area contributed by atoms with E-state index in [1.165, 1.54) is 23.9 Å². The van der Waals surface area contributed by atoms with Gasteiger partial charge in [0.1, 0.15) is 11.6 Å². The molecule has 2 heterocycles. The van der Waals surface area contributed by atoms with E-state index in [2.05, 4.69) is 0 Å². The van der Waals surface area contributed by atoms with E-state index in [9.17, 15) is 14.0 Å². The van der Waals surface area contributed by atoms with Crippen LogP contribution in [0.15, 0.2) is 66.7 Å². The third-order valence-corrected chi connectivity index (χ3v) is 7.60. The lowest BCUT2D eigenvalue weighted by molar-refractivity contribution is -0.123. The molecule has 2 amide bonds. The Bertz CT molecular complexity index is 1250. The van der Waals surface area contributed by atoms with Gasteiger partial charge in [0.15, 0.2) is 4.87 Å². The molecule has 1 saturated heterocycles. The normalized spacial score (nSPS) is 19.3. The van der Waals surface area contributed by atoms with Gasteiger partial charge in [0.25, 0.3) is 11.8 Å². The Balaban J connectivity index is 1.58. The number of ether oxygens (including phenoxy) is 1. The number of amides is 2. The molecule has 0 aliphatic carbocycles. The molecule has 0 N–H and O–H groups in total. The van der Waals surface area contributed by atoms with Crippen LogP contribution in [0.1, 0.15) is 27.0 Å². The zero-order chi connectivity index (χ0) is 23.2. The number of benzene rings is 3. The Morgan fingerprint density at radius 3 is 2.67 bits per heavy atom. The van der Waals surface area contributed by atoms with E-state index < -0.39 is 10.7 Å². The fourth-order valence-corrected chi connectivity index (χ4v) is 5.98. The van der Waals surface area contributed by atoms with E-state index in [0.717, 1.165) is 11.1 Å². The molecule has 3 aromatic rings. The first-order chi connectivity index (χ1) is 15.9. The van der Waals surface area contributed by atoms with Crippen LogP contribution in [0.5, 0.6) is 5.75 Å². The van der Waals surface area contributed by atoms with Crippen LogP contribution >= 0.6 is 11.8 Å². The fraction of sp³-hybridized carbons (Fsp3) is 0.231. The van der Waals surface area contributed by atoms with Crippen molar-refractivity contribution in [3.8, 4) is 5.75 Å². The molecule has 7 heteroatoms. The maximum absolute atomic E-state index is 14.4. The van der Waals surface area contributed by atoms with Gasteiger partial charge >= 0.3 is 0 Å². The van der Waals surface area contributed by atoms with Gasteiger partial charge in [-0.3, -0.25) is 9.59 Å². The van der Waals surface area contributed by atoms with E-state index in [0.29, 0.717) is 41.4 Å². The number of rotatable bonds is 4. The van der Waals surface area contributed by atoms with Crippen molar-refractivity contribution in [3.05, 3.63) is 94.8 Å². The molecule has 0 bridgehead atoms. The summed E-state index contributed by atoms with van der Waals surface area (Å²) in [5.41, 5.74) is 3.69. The molecule has 0 aromatic heterocycles. The molecule has 0 saturated carbocycles. The Kier molecular flexibility index (Phi) is 5.37. The number of thioether (sulfide) groups is 1. The van der Waals surface area contributed by atoms with Crippen molar-refractivity contribution in [2.45, 2.75) is 18.3 Å². The summed E-state index contributed by atoms with van der Waals surface area (Å²) in [7, 11) is 1.54. The van der Waals surface area contributed by atoms with Crippen molar-refractivity contribution in [2.24, 2.45) is 0 Å². The number of hydrogen-bond acceptors (Lipinski definition) is 4. The average Bonchev–Trinajstić information content (AvgIpc) is 3.37. The molecule has 168 valence electrons. The van der Waals surface area contributed by atoms with Crippen molar-refractivity contribution >= 4 is 29.3 Å². The maximum Gasteiger partial charge on any atom is 0.268 e. The van der Waals surface area contributed by atoms with Crippen molar-refractivity contribution < 1.29 is 18.7 Å². The van der Waals surface area contributed by atoms with E-state index in [1.807, 2.05) is 31.2 Å². The molecule has 0 radical (unpaired) electrons. The zero-order valence-corrected chi connectivity index (χ0v) is 19.2. The number of anilines is 1. The van der Waals surface area contributed by atoms with E-state index in [-0.39, 0.29) is 11.8 Å². The molecule has 5 rings (SSSR count). The smallest absolute Gasteiger partial charge is 0.268 e. The van der Waals surface area contributed by atoms with Gasteiger partial charge in [-0.25, -0.2) is 4.39 Å². The number of carbonyl (C=O) groups excluding carboxylic acids is 2. The molecule has 0 unspecified atom stereocenters. The van der Waals surface area contributed by atoms with Gasteiger partial charge in [-0.05, 0) is 48.9 Å². The van der Waals surface area contributed by atoms with Crippen LogP contribution in [0.4, 0.5) is 10.1 Å². The molecular formula is C26H23FN2O3S. The summed E-state index contributed by atoms with van der Waals surface area (Å²) in [6, 6.07) is 19.2. The molecule has 2 aliphatic rings. The fourth-order valence-electron chi connectivity index (χ4n) is 4.53. The third-order valence-electron chi connectivity index (χ3n) is 6.18. The van der Waals surface area contributed by atoms with Gasteiger partial charge < -0.3 is 14.5 Å². The molecule has 1 atom stereocenters. The summed E-state index contributed by atoms with van der Waals surface area (Å²) in [6.07, 6.45) is 0. The minimum absolute atomic E-state index is 0.220. The van der Waals surface area contributed by atoms with Crippen LogP contribution in [-0.2, 0) is 16.2 Å². The van der Waals surface area contributed by atoms with Gasteiger partial charge in [0, 0.05) is 23.4 Å². The van der Waals surface area contributed by atoms with Gasteiger partial charge in [0.05, 0.1) is 19.3 Å². The Morgan fingerprint density at radius 1 is 1.12 bits per heavy atom.